The highest BCUT2D eigenvalue weighted by Crippen LogP contribution is 2.33. The van der Waals surface area contributed by atoms with Crippen molar-refractivity contribution in [2.45, 2.75) is 46.8 Å². The van der Waals surface area contributed by atoms with Crippen LogP contribution in [0.1, 0.15) is 53.6 Å². The molecular weight excluding hydrogens is 254 g/mol. The number of hydrogen-bond donors (Lipinski definition) is 2. The molecule has 108 valence electrons. The van der Waals surface area contributed by atoms with Crippen molar-refractivity contribution in [1.29, 1.82) is 0 Å². The highest BCUT2D eigenvalue weighted by Gasteiger charge is 2.20. The Morgan fingerprint density at radius 1 is 1.35 bits per heavy atom. The molecule has 2 aromatic rings. The molecule has 1 aromatic carbocycles. The molecule has 0 spiro atoms. The summed E-state index contributed by atoms with van der Waals surface area (Å²) in [7, 11) is 0. The van der Waals surface area contributed by atoms with Crippen LogP contribution in [-0.2, 0) is 6.54 Å². The van der Waals surface area contributed by atoms with Crippen LogP contribution in [0.3, 0.4) is 0 Å². The summed E-state index contributed by atoms with van der Waals surface area (Å²) in [5.41, 5.74) is 4.08. The van der Waals surface area contributed by atoms with Gasteiger partial charge in [0.15, 0.2) is 0 Å². The van der Waals surface area contributed by atoms with Gasteiger partial charge in [-0.2, -0.15) is 0 Å². The molecule has 0 saturated carbocycles. The van der Waals surface area contributed by atoms with E-state index < -0.39 is 12.1 Å². The van der Waals surface area contributed by atoms with Gasteiger partial charge in [-0.1, -0.05) is 6.92 Å². The van der Waals surface area contributed by atoms with Crippen LogP contribution >= 0.6 is 0 Å². The summed E-state index contributed by atoms with van der Waals surface area (Å²) in [6, 6.07) is 3.37. The lowest BCUT2D eigenvalue weighted by Gasteiger charge is -2.09. The van der Waals surface area contributed by atoms with Crippen molar-refractivity contribution in [3.05, 3.63) is 34.5 Å². The average Bonchev–Trinajstić information content (AvgIpc) is 2.63. The number of rotatable bonds is 4. The molecular formula is C16H21NO3. The van der Waals surface area contributed by atoms with E-state index in [-0.39, 0.29) is 5.56 Å². The molecule has 0 aliphatic carbocycles. The van der Waals surface area contributed by atoms with Crippen molar-refractivity contribution in [1.82, 2.24) is 4.57 Å². The van der Waals surface area contributed by atoms with Crippen LogP contribution in [0.4, 0.5) is 0 Å². The minimum atomic E-state index is -0.938. The zero-order valence-corrected chi connectivity index (χ0v) is 12.4. The highest BCUT2D eigenvalue weighted by atomic mass is 16.4. The van der Waals surface area contributed by atoms with Crippen LogP contribution in [0.5, 0.6) is 0 Å². The Labute approximate surface area is 118 Å². The number of fused-ring (bicyclic) bond motifs is 1. The first-order valence-corrected chi connectivity index (χ1v) is 6.93. The van der Waals surface area contributed by atoms with E-state index in [4.69, 9.17) is 0 Å². The van der Waals surface area contributed by atoms with Gasteiger partial charge in [0, 0.05) is 23.2 Å². The third-order valence-corrected chi connectivity index (χ3v) is 3.77. The van der Waals surface area contributed by atoms with Gasteiger partial charge in [-0.25, -0.2) is 4.79 Å². The number of aromatic carboxylic acids is 1. The van der Waals surface area contributed by atoms with Crippen molar-refractivity contribution < 1.29 is 15.0 Å². The molecule has 0 saturated heterocycles. The van der Waals surface area contributed by atoms with Crippen molar-refractivity contribution in [3.8, 4) is 0 Å². The monoisotopic (exact) mass is 275 g/mol. The molecule has 0 aliphatic heterocycles. The van der Waals surface area contributed by atoms with Gasteiger partial charge in [-0.15, -0.1) is 0 Å². The number of carboxylic acid groups (broad SMARTS) is 1. The van der Waals surface area contributed by atoms with E-state index >= 15 is 0 Å². The maximum atomic E-state index is 11.2. The fraction of sp³-hybridized carbons (Fsp3) is 0.438. The quantitative estimate of drug-likeness (QED) is 0.898. The predicted octanol–water partition coefficient (Wildman–Crippen LogP) is 3.42. The zero-order valence-electron chi connectivity index (χ0n) is 12.4. The van der Waals surface area contributed by atoms with Crippen molar-refractivity contribution >= 4 is 16.9 Å². The Bertz CT molecular complexity index is 668. The number of nitrogens with zero attached hydrogens (tertiary/aromatic N) is 1. The topological polar surface area (TPSA) is 62.5 Å². The minimum absolute atomic E-state index is 0.269. The summed E-state index contributed by atoms with van der Waals surface area (Å²) in [4.78, 5) is 11.2. The smallest absolute Gasteiger partial charge is 0.335 e. The maximum Gasteiger partial charge on any atom is 0.335 e. The molecule has 0 amide bonds. The lowest BCUT2D eigenvalue weighted by molar-refractivity contribution is 0.0697. The number of aliphatic hydroxyl groups excluding tert-OH is 1. The van der Waals surface area contributed by atoms with Crippen LogP contribution in [0.15, 0.2) is 12.1 Å². The van der Waals surface area contributed by atoms with Gasteiger partial charge in [0.25, 0.3) is 0 Å². The molecule has 1 unspecified atom stereocenters. The van der Waals surface area contributed by atoms with E-state index in [1.165, 1.54) is 0 Å². The summed E-state index contributed by atoms with van der Waals surface area (Å²) in [5, 5.41) is 20.1. The standard InChI is InChI=1S/C16H21NO3/c1-5-6-17-10(3)14(11(4)18)13-8-12(16(19)20)7-9(2)15(13)17/h7-8,11,18H,5-6H2,1-4H3,(H,19,20). The normalized spacial score (nSPS) is 12.8. The molecule has 0 radical (unpaired) electrons. The third kappa shape index (κ3) is 2.20. The van der Waals surface area contributed by atoms with Crippen LogP contribution in [0, 0.1) is 13.8 Å². The van der Waals surface area contributed by atoms with Gasteiger partial charge < -0.3 is 14.8 Å². The Kier molecular flexibility index (Phi) is 3.86. The second-order valence-corrected chi connectivity index (χ2v) is 5.32. The van der Waals surface area contributed by atoms with E-state index in [9.17, 15) is 15.0 Å². The second kappa shape index (κ2) is 5.29. The maximum absolute atomic E-state index is 11.2. The first-order valence-electron chi connectivity index (χ1n) is 6.93. The number of aryl methyl sites for hydroxylation is 2. The molecule has 4 nitrogen and oxygen atoms in total. The van der Waals surface area contributed by atoms with Crippen molar-refractivity contribution in [2.75, 3.05) is 0 Å². The first-order chi connectivity index (χ1) is 9.38. The Morgan fingerprint density at radius 3 is 2.50 bits per heavy atom. The lowest BCUT2D eigenvalue weighted by Crippen LogP contribution is -2.02. The zero-order chi connectivity index (χ0) is 15.0. The molecule has 1 atom stereocenters. The molecule has 20 heavy (non-hydrogen) atoms. The van der Waals surface area contributed by atoms with Gasteiger partial charge >= 0.3 is 5.97 Å². The van der Waals surface area contributed by atoms with Crippen LogP contribution in [-0.4, -0.2) is 20.7 Å². The number of hydrogen-bond acceptors (Lipinski definition) is 2. The Hall–Kier alpha value is -1.81. The fourth-order valence-electron chi connectivity index (χ4n) is 3.01. The van der Waals surface area contributed by atoms with Gasteiger partial charge in [0.1, 0.15) is 0 Å². The molecule has 0 aliphatic rings. The predicted molar refractivity (Wildman–Crippen MR) is 79.3 cm³/mol. The lowest BCUT2D eigenvalue weighted by atomic mass is 10.0. The van der Waals surface area contributed by atoms with Gasteiger partial charge in [-0.05, 0) is 44.9 Å². The third-order valence-electron chi connectivity index (χ3n) is 3.77. The van der Waals surface area contributed by atoms with E-state index in [0.29, 0.717) is 0 Å². The summed E-state index contributed by atoms with van der Waals surface area (Å²) in [6.07, 6.45) is 0.378. The summed E-state index contributed by atoms with van der Waals surface area (Å²) in [6.45, 7) is 8.60. The number of aromatic nitrogens is 1. The van der Waals surface area contributed by atoms with E-state index in [1.54, 1.807) is 19.1 Å². The molecule has 2 N–H and O–H groups in total. The number of carboxylic acids is 1. The van der Waals surface area contributed by atoms with E-state index in [0.717, 1.165) is 40.7 Å². The second-order valence-electron chi connectivity index (χ2n) is 5.32. The van der Waals surface area contributed by atoms with Gasteiger partial charge in [-0.3, -0.25) is 0 Å². The molecule has 1 heterocycles. The van der Waals surface area contributed by atoms with Crippen LogP contribution in [0.2, 0.25) is 0 Å². The van der Waals surface area contributed by atoms with Crippen molar-refractivity contribution in [3.63, 3.8) is 0 Å². The molecule has 2 rings (SSSR count). The van der Waals surface area contributed by atoms with Gasteiger partial charge in [0.05, 0.1) is 17.2 Å². The number of carbonyl (C=O) groups is 1. The Morgan fingerprint density at radius 2 is 2.00 bits per heavy atom. The van der Waals surface area contributed by atoms with E-state index in [2.05, 4.69) is 11.5 Å². The molecule has 4 heteroatoms. The Balaban J connectivity index is 2.89. The average molecular weight is 275 g/mol. The molecule has 0 bridgehead atoms. The largest absolute Gasteiger partial charge is 0.478 e. The first kappa shape index (κ1) is 14.6. The minimum Gasteiger partial charge on any atom is -0.478 e. The summed E-state index contributed by atoms with van der Waals surface area (Å²) >= 11 is 0. The SMILES string of the molecule is CCCn1c(C)c(C(C)O)c2cc(C(=O)O)cc(C)c21. The molecule has 1 aromatic heterocycles. The van der Waals surface area contributed by atoms with Crippen LogP contribution in [0.25, 0.3) is 10.9 Å². The fourth-order valence-corrected chi connectivity index (χ4v) is 3.01. The molecule has 0 fully saturated rings. The number of aliphatic hydroxyl groups is 1. The summed E-state index contributed by atoms with van der Waals surface area (Å²) in [5.74, 6) is -0.938. The van der Waals surface area contributed by atoms with Crippen molar-refractivity contribution in [2.24, 2.45) is 0 Å². The van der Waals surface area contributed by atoms with Crippen LogP contribution < -0.4 is 0 Å². The summed E-state index contributed by atoms with van der Waals surface area (Å²) < 4.78 is 2.18. The number of benzene rings is 1. The van der Waals surface area contributed by atoms with E-state index in [1.807, 2.05) is 13.8 Å². The van der Waals surface area contributed by atoms with Gasteiger partial charge in [0.2, 0.25) is 0 Å². The highest BCUT2D eigenvalue weighted by molar-refractivity contribution is 5.97.